The van der Waals surface area contributed by atoms with Crippen molar-refractivity contribution in [2.45, 2.75) is 129 Å². The summed E-state index contributed by atoms with van der Waals surface area (Å²) in [5.41, 5.74) is 0. The second kappa shape index (κ2) is 23.0. The molecule has 0 saturated heterocycles. The van der Waals surface area contributed by atoms with Crippen molar-refractivity contribution in [2.75, 3.05) is 13.2 Å². The van der Waals surface area contributed by atoms with Gasteiger partial charge in [0.15, 0.2) is 0 Å². The molecular formula is C25H49O7P. The molecule has 0 aliphatic heterocycles. The first-order chi connectivity index (χ1) is 15.9. The molecule has 0 fully saturated rings. The molecule has 0 aromatic rings. The third-order valence-corrected chi connectivity index (χ3v) is 6.14. The maximum Gasteiger partial charge on any atom is 0.470 e. The molecule has 1 atom stereocenters. The number of carbonyl (C=O) groups excluding carboxylic acids is 1. The number of esters is 1. The molecule has 0 radical (unpaired) electrons. The second-order valence-electron chi connectivity index (χ2n) is 8.83. The van der Waals surface area contributed by atoms with Crippen LogP contribution in [0.15, 0.2) is 12.2 Å². The first kappa shape index (κ1) is 32.3. The lowest BCUT2D eigenvalue weighted by Gasteiger charge is -2.15. The molecule has 0 aromatic carbocycles. The summed E-state index contributed by atoms with van der Waals surface area (Å²) in [5, 5.41) is 8.98. The standard InChI is InChI=1S/C25H49O7P/c1-2-3-4-5-6-7-8-9-10-11-12-13-14-15-16-17-18-19-20-21-25(27)31-23-24(22-26)32-33(28,29)30/h9-10,24,26H,2-8,11-23H2,1H3,(H2,28,29,30)/b10-9-/t24-/m0/s1. The predicted molar refractivity (Wildman–Crippen MR) is 133 cm³/mol. The highest BCUT2D eigenvalue weighted by molar-refractivity contribution is 7.46. The Morgan fingerprint density at radius 2 is 1.24 bits per heavy atom. The van der Waals surface area contributed by atoms with Gasteiger partial charge >= 0.3 is 13.8 Å². The van der Waals surface area contributed by atoms with Crippen LogP contribution in [0.3, 0.4) is 0 Å². The van der Waals surface area contributed by atoms with Gasteiger partial charge in [0.05, 0.1) is 6.61 Å². The van der Waals surface area contributed by atoms with Gasteiger partial charge in [-0.05, 0) is 32.1 Å². The summed E-state index contributed by atoms with van der Waals surface area (Å²) < 4.78 is 19.9. The largest absolute Gasteiger partial charge is 0.470 e. The number of phosphoric acid groups is 1. The topological polar surface area (TPSA) is 113 Å². The van der Waals surface area contributed by atoms with Crippen molar-refractivity contribution in [3.8, 4) is 0 Å². The van der Waals surface area contributed by atoms with E-state index in [4.69, 9.17) is 19.6 Å². The Hall–Kier alpha value is -0.720. The minimum Gasteiger partial charge on any atom is -0.463 e. The molecule has 3 N–H and O–H groups in total. The van der Waals surface area contributed by atoms with Crippen molar-refractivity contribution in [2.24, 2.45) is 0 Å². The maximum atomic E-state index is 11.7. The highest BCUT2D eigenvalue weighted by Gasteiger charge is 2.22. The zero-order valence-electron chi connectivity index (χ0n) is 20.8. The fourth-order valence-corrected chi connectivity index (χ4v) is 4.13. The number of allylic oxidation sites excluding steroid dienone is 2. The molecule has 196 valence electrons. The molecule has 33 heavy (non-hydrogen) atoms. The summed E-state index contributed by atoms with van der Waals surface area (Å²) in [4.78, 5) is 29.0. The fourth-order valence-electron chi connectivity index (χ4n) is 3.62. The van der Waals surface area contributed by atoms with Crippen molar-refractivity contribution >= 4 is 13.8 Å². The Bertz CT molecular complexity index is 519. The molecule has 7 nitrogen and oxygen atoms in total. The lowest BCUT2D eigenvalue weighted by Crippen LogP contribution is -2.24. The normalized spacial score (nSPS) is 13.0. The number of aliphatic hydroxyl groups excluding tert-OH is 1. The van der Waals surface area contributed by atoms with Crippen LogP contribution in [0.25, 0.3) is 0 Å². The van der Waals surface area contributed by atoms with Crippen LogP contribution in [0.1, 0.15) is 122 Å². The number of aliphatic hydroxyl groups is 1. The quantitative estimate of drug-likeness (QED) is 0.0602. The van der Waals surface area contributed by atoms with E-state index in [1.165, 1.54) is 89.9 Å². The number of carbonyl (C=O) groups is 1. The number of unbranched alkanes of at least 4 members (excludes halogenated alkanes) is 15. The van der Waals surface area contributed by atoms with Gasteiger partial charge in [0.25, 0.3) is 0 Å². The van der Waals surface area contributed by atoms with E-state index in [-0.39, 0.29) is 13.0 Å². The van der Waals surface area contributed by atoms with Gasteiger partial charge in [0, 0.05) is 6.42 Å². The van der Waals surface area contributed by atoms with E-state index in [2.05, 4.69) is 23.6 Å². The summed E-state index contributed by atoms with van der Waals surface area (Å²) >= 11 is 0. The smallest absolute Gasteiger partial charge is 0.463 e. The van der Waals surface area contributed by atoms with Crippen LogP contribution in [0, 0.1) is 0 Å². The highest BCUT2D eigenvalue weighted by atomic mass is 31.2. The number of ether oxygens (including phenoxy) is 1. The summed E-state index contributed by atoms with van der Waals surface area (Å²) in [6.45, 7) is 1.26. The lowest BCUT2D eigenvalue weighted by molar-refractivity contribution is -0.147. The number of hydrogen-bond acceptors (Lipinski definition) is 5. The SMILES string of the molecule is CCCCCCCC/C=C\CCCCCCCCCCCC(=O)OC[C@H](CO)OP(=O)(O)O. The van der Waals surface area contributed by atoms with Crippen molar-refractivity contribution < 1.29 is 33.5 Å². The third kappa shape index (κ3) is 25.7. The molecule has 0 rings (SSSR count). The van der Waals surface area contributed by atoms with Gasteiger partial charge in [0.2, 0.25) is 0 Å². The molecule has 0 aliphatic carbocycles. The number of phosphoric ester groups is 1. The molecule has 0 amide bonds. The molecule has 0 aliphatic rings. The Labute approximate surface area is 201 Å². The van der Waals surface area contributed by atoms with E-state index >= 15 is 0 Å². The van der Waals surface area contributed by atoms with Crippen LogP contribution in [-0.2, 0) is 18.6 Å². The van der Waals surface area contributed by atoms with Gasteiger partial charge in [-0.1, -0.05) is 96.1 Å². The summed E-state index contributed by atoms with van der Waals surface area (Å²) in [5.74, 6) is -0.441. The Morgan fingerprint density at radius 1 is 0.788 bits per heavy atom. The van der Waals surface area contributed by atoms with Gasteiger partial charge < -0.3 is 19.6 Å². The van der Waals surface area contributed by atoms with Crippen molar-refractivity contribution in [1.29, 1.82) is 0 Å². The third-order valence-electron chi connectivity index (χ3n) is 5.56. The summed E-state index contributed by atoms with van der Waals surface area (Å²) in [6, 6.07) is 0. The van der Waals surface area contributed by atoms with Gasteiger partial charge in [0.1, 0.15) is 12.7 Å². The molecule has 0 saturated carbocycles. The zero-order chi connectivity index (χ0) is 24.6. The molecule has 0 unspecified atom stereocenters. The van der Waals surface area contributed by atoms with Crippen LogP contribution in [0.5, 0.6) is 0 Å². The molecule has 0 bridgehead atoms. The average molecular weight is 493 g/mol. The monoisotopic (exact) mass is 492 g/mol. The molecule has 0 spiro atoms. The van der Waals surface area contributed by atoms with Crippen molar-refractivity contribution in [3.05, 3.63) is 12.2 Å². The van der Waals surface area contributed by atoms with E-state index in [0.29, 0.717) is 0 Å². The van der Waals surface area contributed by atoms with Crippen LogP contribution in [-0.4, -0.2) is 40.2 Å². The van der Waals surface area contributed by atoms with Crippen molar-refractivity contribution in [1.82, 2.24) is 0 Å². The minimum atomic E-state index is -4.71. The van der Waals surface area contributed by atoms with E-state index < -0.39 is 26.5 Å². The zero-order valence-corrected chi connectivity index (χ0v) is 21.7. The number of rotatable bonds is 24. The number of hydrogen-bond donors (Lipinski definition) is 3. The van der Waals surface area contributed by atoms with Crippen LogP contribution < -0.4 is 0 Å². The highest BCUT2D eigenvalue weighted by Crippen LogP contribution is 2.37. The first-order valence-electron chi connectivity index (χ1n) is 13.0. The second-order valence-corrected chi connectivity index (χ2v) is 10.0. The van der Waals surface area contributed by atoms with Gasteiger partial charge in [-0.2, -0.15) is 0 Å². The van der Waals surface area contributed by atoms with Crippen LogP contribution in [0.2, 0.25) is 0 Å². The average Bonchev–Trinajstić information content (AvgIpc) is 2.77. The van der Waals surface area contributed by atoms with Crippen molar-refractivity contribution in [3.63, 3.8) is 0 Å². The van der Waals surface area contributed by atoms with Gasteiger partial charge in [-0.15, -0.1) is 0 Å². The fraction of sp³-hybridized carbons (Fsp3) is 0.880. The van der Waals surface area contributed by atoms with Gasteiger partial charge in [-0.25, -0.2) is 4.57 Å². The molecular weight excluding hydrogens is 443 g/mol. The predicted octanol–water partition coefficient (Wildman–Crippen LogP) is 6.60. The summed E-state index contributed by atoms with van der Waals surface area (Å²) in [7, 11) is -4.71. The Balaban J connectivity index is 3.37. The van der Waals surface area contributed by atoms with Crippen LogP contribution in [0.4, 0.5) is 0 Å². The van der Waals surface area contributed by atoms with E-state index in [9.17, 15) is 9.36 Å². The molecule has 0 heterocycles. The van der Waals surface area contributed by atoms with Crippen LogP contribution >= 0.6 is 7.82 Å². The van der Waals surface area contributed by atoms with E-state index in [1.807, 2.05) is 0 Å². The van der Waals surface area contributed by atoms with E-state index in [1.54, 1.807) is 0 Å². The molecule has 8 heteroatoms. The maximum absolute atomic E-state index is 11.7. The summed E-state index contributed by atoms with van der Waals surface area (Å²) in [6.07, 6.45) is 24.7. The van der Waals surface area contributed by atoms with E-state index in [0.717, 1.165) is 19.3 Å². The lowest BCUT2D eigenvalue weighted by atomic mass is 10.1. The minimum absolute atomic E-state index is 0.264. The first-order valence-corrected chi connectivity index (χ1v) is 14.6. The molecule has 0 aromatic heterocycles. The van der Waals surface area contributed by atoms with Gasteiger partial charge in [-0.3, -0.25) is 9.32 Å². The Morgan fingerprint density at radius 3 is 1.70 bits per heavy atom. The Kier molecular flexibility index (Phi) is 22.5.